The number of imidazole rings is 1. The molecule has 0 atom stereocenters. The van der Waals surface area contributed by atoms with E-state index in [4.69, 9.17) is 4.74 Å². The Balaban J connectivity index is 1.60. The number of rotatable bonds is 5. The molecular formula is C18H18FN3O3. The number of carbonyl (C=O) groups is 1. The monoisotopic (exact) mass is 343 g/mol. The summed E-state index contributed by atoms with van der Waals surface area (Å²) in [5, 5.41) is 2.75. The molecular weight excluding hydrogens is 325 g/mol. The Kier molecular flexibility index (Phi) is 4.56. The number of nitrogens with one attached hydrogen (secondary N) is 1. The zero-order chi connectivity index (χ0) is 18.0. The van der Waals surface area contributed by atoms with Crippen molar-refractivity contribution in [3.05, 3.63) is 64.3 Å². The third-order valence-corrected chi connectivity index (χ3v) is 4.01. The maximum atomic E-state index is 12.8. The van der Waals surface area contributed by atoms with Crippen molar-refractivity contribution in [2.24, 2.45) is 14.1 Å². The Morgan fingerprint density at radius 2 is 1.76 bits per heavy atom. The van der Waals surface area contributed by atoms with Gasteiger partial charge in [-0.2, -0.15) is 0 Å². The number of aromatic nitrogens is 2. The van der Waals surface area contributed by atoms with Crippen LogP contribution in [0.15, 0.2) is 47.3 Å². The molecule has 0 saturated carbocycles. The van der Waals surface area contributed by atoms with E-state index in [2.05, 4.69) is 5.32 Å². The maximum Gasteiger partial charge on any atom is 0.328 e. The van der Waals surface area contributed by atoms with E-state index >= 15 is 0 Å². The predicted molar refractivity (Wildman–Crippen MR) is 91.9 cm³/mol. The van der Waals surface area contributed by atoms with Gasteiger partial charge in [0.2, 0.25) is 0 Å². The second-order valence-corrected chi connectivity index (χ2v) is 5.74. The van der Waals surface area contributed by atoms with Gasteiger partial charge in [-0.3, -0.25) is 13.9 Å². The van der Waals surface area contributed by atoms with E-state index < -0.39 is 0 Å². The summed E-state index contributed by atoms with van der Waals surface area (Å²) in [7, 11) is 3.43. The van der Waals surface area contributed by atoms with E-state index in [1.54, 1.807) is 23.2 Å². The van der Waals surface area contributed by atoms with Crippen LogP contribution in [0.2, 0.25) is 0 Å². The van der Waals surface area contributed by atoms with Crippen LogP contribution in [0.4, 0.5) is 4.39 Å². The largest absolute Gasteiger partial charge is 0.484 e. The van der Waals surface area contributed by atoms with Crippen molar-refractivity contribution < 1.29 is 13.9 Å². The lowest BCUT2D eigenvalue weighted by Crippen LogP contribution is -2.28. The summed E-state index contributed by atoms with van der Waals surface area (Å²) >= 11 is 0. The molecule has 0 bridgehead atoms. The number of amides is 1. The summed E-state index contributed by atoms with van der Waals surface area (Å²) in [6.07, 6.45) is 0. The summed E-state index contributed by atoms with van der Waals surface area (Å²) in [5.74, 6) is -0.217. The molecule has 0 aliphatic rings. The lowest BCUT2D eigenvalue weighted by molar-refractivity contribution is -0.123. The molecule has 1 heterocycles. The molecule has 3 aromatic rings. The third kappa shape index (κ3) is 3.55. The van der Waals surface area contributed by atoms with Gasteiger partial charge in [0.25, 0.3) is 5.91 Å². The molecule has 1 amide bonds. The van der Waals surface area contributed by atoms with Gasteiger partial charge in [-0.05, 0) is 42.0 Å². The summed E-state index contributed by atoms with van der Waals surface area (Å²) in [6, 6.07) is 11.1. The van der Waals surface area contributed by atoms with Gasteiger partial charge in [-0.15, -0.1) is 0 Å². The molecule has 0 aliphatic carbocycles. The molecule has 0 saturated heterocycles. The standard InChI is InChI=1S/C18H18FN3O3/c1-21-15-8-3-12(9-16(15)22(2)18(21)24)10-20-17(23)11-25-14-6-4-13(19)5-7-14/h3-9H,10-11H2,1-2H3,(H,20,23). The zero-order valence-electron chi connectivity index (χ0n) is 14.0. The van der Waals surface area contributed by atoms with Crippen LogP contribution >= 0.6 is 0 Å². The third-order valence-electron chi connectivity index (χ3n) is 4.01. The molecule has 2 aromatic carbocycles. The molecule has 0 aliphatic heterocycles. The van der Waals surface area contributed by atoms with Gasteiger partial charge in [0.15, 0.2) is 6.61 Å². The van der Waals surface area contributed by atoms with Crippen LogP contribution < -0.4 is 15.7 Å². The summed E-state index contributed by atoms with van der Waals surface area (Å²) < 4.78 is 21.2. The van der Waals surface area contributed by atoms with Crippen LogP contribution in [0, 0.1) is 5.82 Å². The number of benzene rings is 2. The Morgan fingerprint density at radius 1 is 1.08 bits per heavy atom. The minimum Gasteiger partial charge on any atom is -0.484 e. The predicted octanol–water partition coefficient (Wildman–Crippen LogP) is 1.71. The minimum atomic E-state index is -0.359. The molecule has 6 nitrogen and oxygen atoms in total. The molecule has 0 fully saturated rings. The van der Waals surface area contributed by atoms with Crippen molar-refractivity contribution in [1.29, 1.82) is 0 Å². The van der Waals surface area contributed by atoms with Crippen LogP contribution in [-0.4, -0.2) is 21.6 Å². The number of carbonyl (C=O) groups excluding carboxylic acids is 1. The second kappa shape index (κ2) is 6.80. The first-order valence-electron chi connectivity index (χ1n) is 7.75. The van der Waals surface area contributed by atoms with E-state index in [-0.39, 0.29) is 24.0 Å². The molecule has 130 valence electrons. The number of hydrogen-bond acceptors (Lipinski definition) is 3. The number of hydrogen-bond donors (Lipinski definition) is 1. The fourth-order valence-corrected chi connectivity index (χ4v) is 2.59. The van der Waals surface area contributed by atoms with Crippen molar-refractivity contribution in [1.82, 2.24) is 14.5 Å². The average molecular weight is 343 g/mol. The Labute approximate surface area is 143 Å². The quantitative estimate of drug-likeness (QED) is 0.767. The van der Waals surface area contributed by atoms with Crippen LogP contribution in [0.5, 0.6) is 5.75 Å². The van der Waals surface area contributed by atoms with Gasteiger partial charge in [0.05, 0.1) is 11.0 Å². The first-order chi connectivity index (χ1) is 12.0. The molecule has 7 heteroatoms. The summed E-state index contributed by atoms with van der Waals surface area (Å²) in [4.78, 5) is 23.8. The van der Waals surface area contributed by atoms with Gasteiger partial charge in [-0.1, -0.05) is 6.07 Å². The van der Waals surface area contributed by atoms with Crippen molar-refractivity contribution in [3.63, 3.8) is 0 Å². The number of halogens is 1. The number of fused-ring (bicyclic) bond motifs is 1. The van der Waals surface area contributed by atoms with E-state index in [9.17, 15) is 14.0 Å². The van der Waals surface area contributed by atoms with E-state index in [0.717, 1.165) is 16.6 Å². The van der Waals surface area contributed by atoms with Crippen LogP contribution in [0.25, 0.3) is 11.0 Å². The minimum absolute atomic E-state index is 0.0936. The fourth-order valence-electron chi connectivity index (χ4n) is 2.59. The maximum absolute atomic E-state index is 12.8. The van der Waals surface area contributed by atoms with Gasteiger partial charge in [-0.25, -0.2) is 9.18 Å². The molecule has 1 N–H and O–H groups in total. The molecule has 1 aromatic heterocycles. The normalized spacial score (nSPS) is 10.8. The van der Waals surface area contributed by atoms with Crippen molar-refractivity contribution in [2.45, 2.75) is 6.54 Å². The van der Waals surface area contributed by atoms with Crippen LogP contribution in [0.1, 0.15) is 5.56 Å². The SMILES string of the molecule is Cn1c(=O)n(C)c2cc(CNC(=O)COc3ccc(F)cc3)ccc21. The second-order valence-electron chi connectivity index (χ2n) is 5.74. The molecule has 3 rings (SSSR count). The van der Waals surface area contributed by atoms with Crippen LogP contribution in [0.3, 0.4) is 0 Å². The van der Waals surface area contributed by atoms with E-state index in [1.807, 2.05) is 18.2 Å². The molecule has 0 radical (unpaired) electrons. The van der Waals surface area contributed by atoms with E-state index in [0.29, 0.717) is 12.3 Å². The van der Waals surface area contributed by atoms with Crippen molar-refractivity contribution in [3.8, 4) is 5.75 Å². The highest BCUT2D eigenvalue weighted by molar-refractivity contribution is 5.79. The molecule has 0 unspecified atom stereocenters. The van der Waals surface area contributed by atoms with Gasteiger partial charge >= 0.3 is 5.69 Å². The Morgan fingerprint density at radius 3 is 2.48 bits per heavy atom. The van der Waals surface area contributed by atoms with Gasteiger partial charge < -0.3 is 10.1 Å². The van der Waals surface area contributed by atoms with Gasteiger partial charge in [0, 0.05) is 20.6 Å². The van der Waals surface area contributed by atoms with Gasteiger partial charge in [0.1, 0.15) is 11.6 Å². The zero-order valence-corrected chi connectivity index (χ0v) is 14.0. The molecule has 0 spiro atoms. The topological polar surface area (TPSA) is 65.3 Å². The van der Waals surface area contributed by atoms with Crippen molar-refractivity contribution >= 4 is 16.9 Å². The first kappa shape index (κ1) is 16.8. The average Bonchev–Trinajstić information content (AvgIpc) is 2.83. The Hall–Kier alpha value is -3.09. The highest BCUT2D eigenvalue weighted by Crippen LogP contribution is 2.14. The lowest BCUT2D eigenvalue weighted by atomic mass is 10.2. The molecule has 25 heavy (non-hydrogen) atoms. The summed E-state index contributed by atoms with van der Waals surface area (Å²) in [6.45, 7) is 0.169. The van der Waals surface area contributed by atoms with Crippen molar-refractivity contribution in [2.75, 3.05) is 6.61 Å². The Bertz CT molecular complexity index is 974. The number of ether oxygens (including phenoxy) is 1. The number of nitrogens with zero attached hydrogens (tertiary/aromatic N) is 2. The highest BCUT2D eigenvalue weighted by Gasteiger charge is 2.09. The fraction of sp³-hybridized carbons (Fsp3) is 0.222. The first-order valence-corrected chi connectivity index (χ1v) is 7.75. The van der Waals surface area contributed by atoms with E-state index in [1.165, 1.54) is 24.3 Å². The highest BCUT2D eigenvalue weighted by atomic mass is 19.1. The number of aryl methyl sites for hydroxylation is 2. The van der Waals surface area contributed by atoms with Crippen LogP contribution in [-0.2, 0) is 25.4 Å². The summed E-state index contributed by atoms with van der Waals surface area (Å²) in [5.41, 5.74) is 2.43. The smallest absolute Gasteiger partial charge is 0.328 e. The lowest BCUT2D eigenvalue weighted by Gasteiger charge is -2.08.